The van der Waals surface area contributed by atoms with E-state index in [0.29, 0.717) is 6.42 Å². The molecule has 1 aliphatic rings. The summed E-state index contributed by atoms with van der Waals surface area (Å²) in [7, 11) is 3.89. The molecule has 0 aliphatic carbocycles. The topological polar surface area (TPSA) is 66.4 Å². The Morgan fingerprint density at radius 3 is 2.63 bits per heavy atom. The van der Waals surface area contributed by atoms with Crippen LogP contribution >= 0.6 is 21.6 Å². The van der Waals surface area contributed by atoms with Crippen molar-refractivity contribution in [2.75, 3.05) is 5.75 Å². The number of carboxylic acid groups (broad SMARTS) is 1. The van der Waals surface area contributed by atoms with E-state index in [1.54, 1.807) is 13.8 Å². The average Bonchev–Trinajstić information content (AvgIpc) is 2.84. The van der Waals surface area contributed by atoms with Gasteiger partial charge in [-0.1, -0.05) is 41.9 Å². The van der Waals surface area contributed by atoms with Crippen molar-refractivity contribution >= 4 is 33.5 Å². The summed E-state index contributed by atoms with van der Waals surface area (Å²) in [6.45, 7) is 3.60. The fraction of sp³-hybridized carbons (Fsp3) is 0.846. The molecule has 2 N–H and O–H groups in total. The molecule has 0 aromatic heterocycles. The van der Waals surface area contributed by atoms with Crippen LogP contribution in [0, 0.1) is 5.92 Å². The van der Waals surface area contributed by atoms with Crippen molar-refractivity contribution in [2.24, 2.45) is 5.92 Å². The zero-order valence-corrected chi connectivity index (χ0v) is 13.2. The van der Waals surface area contributed by atoms with Gasteiger partial charge in [0.1, 0.15) is 6.04 Å². The molecule has 0 radical (unpaired) electrons. The van der Waals surface area contributed by atoms with E-state index in [-0.39, 0.29) is 11.8 Å². The maximum atomic E-state index is 11.7. The van der Waals surface area contributed by atoms with E-state index in [9.17, 15) is 9.59 Å². The summed E-state index contributed by atoms with van der Waals surface area (Å²) in [6, 6.07) is -0.769. The minimum absolute atomic E-state index is 0.0895. The van der Waals surface area contributed by atoms with Gasteiger partial charge in [-0.15, -0.1) is 0 Å². The molecular weight excluding hydrogens is 282 g/mol. The molecule has 110 valence electrons. The second-order valence-corrected chi connectivity index (χ2v) is 7.99. The minimum atomic E-state index is -0.956. The quantitative estimate of drug-likeness (QED) is 0.533. The molecule has 1 amide bonds. The predicted octanol–water partition coefficient (Wildman–Crippen LogP) is 2.93. The summed E-state index contributed by atoms with van der Waals surface area (Å²) in [6.07, 6.45) is 4.76. The van der Waals surface area contributed by atoms with Gasteiger partial charge in [0.05, 0.1) is 0 Å². The molecule has 1 aliphatic heterocycles. The van der Waals surface area contributed by atoms with Crippen LogP contribution in [0.5, 0.6) is 0 Å². The van der Waals surface area contributed by atoms with E-state index < -0.39 is 12.0 Å². The monoisotopic (exact) mass is 305 g/mol. The molecule has 0 saturated carbocycles. The number of nitrogens with one attached hydrogen (secondary N) is 1. The first-order valence-corrected chi connectivity index (χ1v) is 9.19. The van der Waals surface area contributed by atoms with Crippen LogP contribution in [0.3, 0.4) is 0 Å². The summed E-state index contributed by atoms with van der Waals surface area (Å²) < 4.78 is 0. The van der Waals surface area contributed by atoms with Crippen LogP contribution in [0.2, 0.25) is 0 Å². The van der Waals surface area contributed by atoms with E-state index in [1.165, 1.54) is 12.2 Å². The van der Waals surface area contributed by atoms with Crippen molar-refractivity contribution < 1.29 is 14.7 Å². The summed E-state index contributed by atoms with van der Waals surface area (Å²) >= 11 is 0. The Morgan fingerprint density at radius 2 is 2.11 bits per heavy atom. The van der Waals surface area contributed by atoms with Crippen molar-refractivity contribution in [3.05, 3.63) is 0 Å². The van der Waals surface area contributed by atoms with Gasteiger partial charge in [-0.3, -0.25) is 4.79 Å². The number of unbranched alkanes of at least 4 members (excludes halogenated alkanes) is 1. The van der Waals surface area contributed by atoms with Crippen LogP contribution < -0.4 is 5.32 Å². The number of hydrogen-bond acceptors (Lipinski definition) is 4. The van der Waals surface area contributed by atoms with Crippen molar-refractivity contribution in [1.29, 1.82) is 0 Å². The first-order valence-electron chi connectivity index (χ1n) is 6.81. The largest absolute Gasteiger partial charge is 0.480 e. The molecule has 0 bridgehead atoms. The predicted molar refractivity (Wildman–Crippen MR) is 81.3 cm³/mol. The molecule has 0 aromatic carbocycles. The number of carboxylic acids is 1. The molecule has 4 nitrogen and oxygen atoms in total. The number of aliphatic carboxylic acids is 1. The van der Waals surface area contributed by atoms with E-state index in [1.807, 2.05) is 21.6 Å². The van der Waals surface area contributed by atoms with Crippen LogP contribution in [-0.2, 0) is 9.59 Å². The Labute approximate surface area is 122 Å². The van der Waals surface area contributed by atoms with Crippen LogP contribution in [0.1, 0.15) is 46.0 Å². The third-order valence-electron chi connectivity index (χ3n) is 3.16. The minimum Gasteiger partial charge on any atom is -0.480 e. The number of rotatable bonds is 8. The molecule has 6 heteroatoms. The zero-order chi connectivity index (χ0) is 14.3. The van der Waals surface area contributed by atoms with Gasteiger partial charge in [0.15, 0.2) is 0 Å². The molecule has 1 saturated heterocycles. The Morgan fingerprint density at radius 1 is 1.37 bits per heavy atom. The first kappa shape index (κ1) is 16.7. The Bertz CT molecular complexity index is 304. The lowest BCUT2D eigenvalue weighted by molar-refractivity contribution is -0.143. The number of carbonyl (C=O) groups excluding carboxylic acids is 1. The Hall–Kier alpha value is -0.360. The lowest BCUT2D eigenvalue weighted by Gasteiger charge is -2.17. The van der Waals surface area contributed by atoms with Crippen molar-refractivity contribution in [2.45, 2.75) is 57.2 Å². The van der Waals surface area contributed by atoms with Crippen molar-refractivity contribution in [3.8, 4) is 0 Å². The van der Waals surface area contributed by atoms with E-state index in [4.69, 9.17) is 5.11 Å². The second kappa shape index (κ2) is 8.74. The fourth-order valence-electron chi connectivity index (χ4n) is 1.98. The normalized spacial score (nSPS) is 20.5. The van der Waals surface area contributed by atoms with Crippen LogP contribution in [0.25, 0.3) is 0 Å². The Balaban J connectivity index is 2.14. The molecule has 0 aromatic rings. The molecule has 19 heavy (non-hydrogen) atoms. The third kappa shape index (κ3) is 6.56. The van der Waals surface area contributed by atoms with Crippen LogP contribution in [0.15, 0.2) is 0 Å². The maximum Gasteiger partial charge on any atom is 0.326 e. The first-order chi connectivity index (χ1) is 9.00. The summed E-state index contributed by atoms with van der Waals surface area (Å²) in [5, 5.41) is 12.3. The second-order valence-electron chi connectivity index (χ2n) is 5.20. The summed E-state index contributed by atoms with van der Waals surface area (Å²) in [5.41, 5.74) is 0. The van der Waals surface area contributed by atoms with E-state index in [2.05, 4.69) is 5.32 Å². The van der Waals surface area contributed by atoms with Crippen LogP contribution in [0.4, 0.5) is 0 Å². The molecule has 2 atom stereocenters. The lowest BCUT2D eigenvalue weighted by Crippen LogP contribution is -2.44. The Kier molecular flexibility index (Phi) is 7.68. The lowest BCUT2D eigenvalue weighted by atomic mass is 10.0. The molecule has 2 unspecified atom stereocenters. The highest BCUT2D eigenvalue weighted by Gasteiger charge is 2.23. The smallest absolute Gasteiger partial charge is 0.326 e. The molecule has 1 heterocycles. The van der Waals surface area contributed by atoms with Gasteiger partial charge in [-0.2, -0.15) is 0 Å². The highest BCUT2D eigenvalue weighted by Crippen LogP contribution is 2.39. The van der Waals surface area contributed by atoms with Gasteiger partial charge in [-0.25, -0.2) is 4.79 Å². The SMILES string of the molecule is CC(C)C(NC(=O)CCCCC1CCSS1)C(=O)O. The highest BCUT2D eigenvalue weighted by molar-refractivity contribution is 8.77. The standard InChI is InChI=1S/C13H23NO3S2/c1-9(2)12(13(16)17)14-11(15)6-4-3-5-10-7-8-18-19-10/h9-10,12H,3-8H2,1-2H3,(H,14,15)(H,16,17). The molecule has 1 fully saturated rings. The van der Waals surface area contributed by atoms with E-state index in [0.717, 1.165) is 24.5 Å². The average molecular weight is 305 g/mol. The highest BCUT2D eigenvalue weighted by atomic mass is 33.1. The van der Waals surface area contributed by atoms with Gasteiger partial charge in [0, 0.05) is 17.4 Å². The summed E-state index contributed by atoms with van der Waals surface area (Å²) in [5.74, 6) is 0.0514. The van der Waals surface area contributed by atoms with Gasteiger partial charge in [0.2, 0.25) is 5.91 Å². The molecular formula is C13H23NO3S2. The van der Waals surface area contributed by atoms with Crippen LogP contribution in [-0.4, -0.2) is 34.0 Å². The van der Waals surface area contributed by atoms with Crippen molar-refractivity contribution in [3.63, 3.8) is 0 Å². The van der Waals surface area contributed by atoms with Gasteiger partial charge in [-0.05, 0) is 25.2 Å². The number of hydrogen-bond donors (Lipinski definition) is 2. The maximum absolute atomic E-state index is 11.7. The molecule has 1 rings (SSSR count). The zero-order valence-electron chi connectivity index (χ0n) is 11.6. The number of amides is 1. The van der Waals surface area contributed by atoms with E-state index >= 15 is 0 Å². The van der Waals surface area contributed by atoms with Gasteiger partial charge < -0.3 is 10.4 Å². The summed E-state index contributed by atoms with van der Waals surface area (Å²) in [4.78, 5) is 22.6. The third-order valence-corrected chi connectivity index (χ3v) is 6.16. The molecule has 0 spiro atoms. The number of carbonyl (C=O) groups is 2. The van der Waals surface area contributed by atoms with Gasteiger partial charge >= 0.3 is 5.97 Å². The van der Waals surface area contributed by atoms with Crippen molar-refractivity contribution in [1.82, 2.24) is 5.32 Å². The fourth-order valence-corrected chi connectivity index (χ4v) is 5.01. The van der Waals surface area contributed by atoms with Gasteiger partial charge in [0.25, 0.3) is 0 Å².